The Labute approximate surface area is 141 Å². The quantitative estimate of drug-likeness (QED) is 0.804. The molecule has 0 aromatic heterocycles. The Hall–Kier alpha value is -2.34. The van der Waals surface area contributed by atoms with Gasteiger partial charge in [0.25, 0.3) is 0 Å². The van der Waals surface area contributed by atoms with Crippen molar-refractivity contribution in [1.29, 1.82) is 0 Å². The molecule has 0 unspecified atom stereocenters. The van der Waals surface area contributed by atoms with Gasteiger partial charge in [-0.25, -0.2) is 13.2 Å². The number of anilines is 1. The van der Waals surface area contributed by atoms with Gasteiger partial charge in [0.15, 0.2) is 9.84 Å². The van der Waals surface area contributed by atoms with Gasteiger partial charge < -0.3 is 4.90 Å². The molecular weight excluding hydrogens is 324 g/mol. The Morgan fingerprint density at radius 3 is 2.12 bits per heavy atom. The van der Waals surface area contributed by atoms with E-state index in [9.17, 15) is 13.2 Å². The number of carbonyl (C=O) groups is 1. The lowest BCUT2D eigenvalue weighted by molar-refractivity contribution is 0.206. The van der Waals surface area contributed by atoms with E-state index in [-0.39, 0.29) is 29.6 Å². The van der Waals surface area contributed by atoms with Crippen LogP contribution in [0.1, 0.15) is 5.56 Å². The van der Waals surface area contributed by atoms with Crippen molar-refractivity contribution in [2.75, 3.05) is 16.4 Å². The minimum atomic E-state index is -3.13. The van der Waals surface area contributed by atoms with Crippen molar-refractivity contribution in [2.24, 2.45) is 0 Å². The topological polar surface area (TPSA) is 57.7 Å². The first-order valence-electron chi connectivity index (χ1n) is 7.94. The van der Waals surface area contributed by atoms with E-state index in [4.69, 9.17) is 0 Å². The molecule has 5 nitrogen and oxygen atoms in total. The third-order valence-corrected chi connectivity index (χ3v) is 6.41. The Kier molecular flexibility index (Phi) is 3.57. The molecule has 0 bridgehead atoms. The Bertz CT molecular complexity index is 852. The molecule has 2 fully saturated rings. The number of nitrogens with zero attached hydrogens (tertiary/aromatic N) is 2. The number of amides is 2. The molecule has 0 aliphatic carbocycles. The molecule has 2 saturated heterocycles. The molecule has 6 heteroatoms. The van der Waals surface area contributed by atoms with Crippen molar-refractivity contribution in [1.82, 2.24) is 4.90 Å². The molecule has 2 aliphatic rings. The van der Waals surface area contributed by atoms with Crippen LogP contribution in [0.25, 0.3) is 0 Å². The zero-order chi connectivity index (χ0) is 16.7. The molecule has 0 saturated carbocycles. The van der Waals surface area contributed by atoms with E-state index in [2.05, 4.69) is 0 Å². The summed E-state index contributed by atoms with van der Waals surface area (Å²) in [5.41, 5.74) is 1.76. The summed E-state index contributed by atoms with van der Waals surface area (Å²) in [6, 6.07) is 18.3. The fourth-order valence-electron chi connectivity index (χ4n) is 3.63. The van der Waals surface area contributed by atoms with Crippen LogP contribution in [0.2, 0.25) is 0 Å². The van der Waals surface area contributed by atoms with Crippen molar-refractivity contribution < 1.29 is 13.2 Å². The van der Waals surface area contributed by atoms with E-state index in [1.54, 1.807) is 9.80 Å². The average molecular weight is 342 g/mol. The van der Waals surface area contributed by atoms with Crippen molar-refractivity contribution in [3.63, 3.8) is 0 Å². The van der Waals surface area contributed by atoms with Crippen molar-refractivity contribution in [2.45, 2.75) is 18.6 Å². The normalized spacial score (nSPS) is 25.1. The molecule has 0 N–H and O–H groups in total. The summed E-state index contributed by atoms with van der Waals surface area (Å²) in [5, 5.41) is 0. The number of benzene rings is 2. The molecule has 2 amide bonds. The number of hydrogen-bond acceptors (Lipinski definition) is 3. The standard InChI is InChI=1S/C18H18N2O3S/c21-18-19(11-14-7-3-1-4-8-14)16-12-24(22,23)13-17(16)20(18)15-9-5-2-6-10-15/h1-10,16-17H,11-13H2/t16-,17-/m0/s1. The van der Waals surface area contributed by atoms with Crippen LogP contribution < -0.4 is 4.90 Å². The Morgan fingerprint density at radius 1 is 0.875 bits per heavy atom. The third kappa shape index (κ3) is 2.57. The van der Waals surface area contributed by atoms with E-state index < -0.39 is 9.84 Å². The molecule has 4 rings (SSSR count). The van der Waals surface area contributed by atoms with Gasteiger partial charge in [-0.2, -0.15) is 0 Å². The lowest BCUT2D eigenvalue weighted by atomic mass is 10.1. The zero-order valence-corrected chi connectivity index (χ0v) is 13.9. The molecule has 2 aromatic rings. The first kappa shape index (κ1) is 15.2. The summed E-state index contributed by atoms with van der Waals surface area (Å²) < 4.78 is 24.3. The molecule has 24 heavy (non-hydrogen) atoms. The fourth-order valence-corrected chi connectivity index (χ4v) is 5.58. The maximum absolute atomic E-state index is 13.0. The predicted octanol–water partition coefficient (Wildman–Crippen LogP) is 2.29. The van der Waals surface area contributed by atoms with Crippen LogP contribution >= 0.6 is 0 Å². The second kappa shape index (κ2) is 5.63. The highest BCUT2D eigenvalue weighted by atomic mass is 32.2. The molecule has 0 spiro atoms. The predicted molar refractivity (Wildman–Crippen MR) is 92.5 cm³/mol. The summed E-state index contributed by atoms with van der Waals surface area (Å²) >= 11 is 0. The number of carbonyl (C=O) groups excluding carboxylic acids is 1. The minimum absolute atomic E-state index is 0.0313. The SMILES string of the molecule is O=C1N(Cc2ccccc2)[C@H]2CS(=O)(=O)C[C@@H]2N1c1ccccc1. The van der Waals surface area contributed by atoms with E-state index in [0.717, 1.165) is 11.3 Å². The van der Waals surface area contributed by atoms with E-state index in [1.807, 2.05) is 60.7 Å². The summed E-state index contributed by atoms with van der Waals surface area (Å²) in [4.78, 5) is 16.3. The van der Waals surface area contributed by atoms with Crippen LogP contribution in [-0.4, -0.2) is 42.9 Å². The highest BCUT2D eigenvalue weighted by Gasteiger charge is 2.53. The third-order valence-electron chi connectivity index (χ3n) is 4.71. The summed E-state index contributed by atoms with van der Waals surface area (Å²) in [7, 11) is -3.13. The minimum Gasteiger partial charge on any atom is -0.314 e. The van der Waals surface area contributed by atoms with E-state index in [1.165, 1.54) is 0 Å². The number of fused-ring (bicyclic) bond motifs is 1. The number of urea groups is 1. The van der Waals surface area contributed by atoms with Gasteiger partial charge in [-0.15, -0.1) is 0 Å². The first-order valence-corrected chi connectivity index (χ1v) is 9.76. The summed E-state index contributed by atoms with van der Waals surface area (Å²) in [6.07, 6.45) is 0. The monoisotopic (exact) mass is 342 g/mol. The molecule has 124 valence electrons. The molecular formula is C18H18N2O3S. The molecule has 2 atom stereocenters. The van der Waals surface area contributed by atoms with Gasteiger partial charge >= 0.3 is 6.03 Å². The van der Waals surface area contributed by atoms with Crippen LogP contribution in [0.15, 0.2) is 60.7 Å². The van der Waals surface area contributed by atoms with E-state index in [0.29, 0.717) is 6.54 Å². The van der Waals surface area contributed by atoms with Crippen LogP contribution in [0.4, 0.5) is 10.5 Å². The maximum atomic E-state index is 13.0. The van der Waals surface area contributed by atoms with Crippen LogP contribution in [0.5, 0.6) is 0 Å². The molecule has 2 heterocycles. The van der Waals surface area contributed by atoms with Gasteiger partial charge in [-0.1, -0.05) is 48.5 Å². The summed E-state index contributed by atoms with van der Waals surface area (Å²) in [5.74, 6) is 0.0726. The van der Waals surface area contributed by atoms with Crippen LogP contribution in [-0.2, 0) is 16.4 Å². The highest BCUT2D eigenvalue weighted by molar-refractivity contribution is 7.91. The number of para-hydroxylation sites is 1. The smallest absolute Gasteiger partial charge is 0.314 e. The van der Waals surface area contributed by atoms with Crippen LogP contribution in [0, 0.1) is 0 Å². The number of hydrogen-bond donors (Lipinski definition) is 0. The van der Waals surface area contributed by atoms with Gasteiger partial charge in [-0.3, -0.25) is 4.90 Å². The molecule has 0 radical (unpaired) electrons. The maximum Gasteiger partial charge on any atom is 0.325 e. The largest absolute Gasteiger partial charge is 0.325 e. The average Bonchev–Trinajstić information content (AvgIpc) is 3.00. The Balaban J connectivity index is 1.71. The lowest BCUT2D eigenvalue weighted by Crippen LogP contribution is -2.37. The number of rotatable bonds is 3. The second-order valence-electron chi connectivity index (χ2n) is 6.31. The highest BCUT2D eigenvalue weighted by Crippen LogP contribution is 2.35. The second-order valence-corrected chi connectivity index (χ2v) is 8.47. The van der Waals surface area contributed by atoms with Crippen molar-refractivity contribution >= 4 is 21.6 Å². The van der Waals surface area contributed by atoms with Gasteiger partial charge in [0, 0.05) is 12.2 Å². The van der Waals surface area contributed by atoms with Gasteiger partial charge in [0.1, 0.15) is 0 Å². The van der Waals surface area contributed by atoms with Crippen molar-refractivity contribution in [3.8, 4) is 0 Å². The Morgan fingerprint density at radius 2 is 1.46 bits per heavy atom. The van der Waals surface area contributed by atoms with E-state index >= 15 is 0 Å². The van der Waals surface area contributed by atoms with Crippen LogP contribution in [0.3, 0.4) is 0 Å². The van der Waals surface area contributed by atoms with Gasteiger partial charge in [0.2, 0.25) is 0 Å². The zero-order valence-electron chi connectivity index (χ0n) is 13.1. The first-order chi connectivity index (χ1) is 11.6. The van der Waals surface area contributed by atoms with Crippen molar-refractivity contribution in [3.05, 3.63) is 66.2 Å². The fraction of sp³-hybridized carbons (Fsp3) is 0.278. The summed E-state index contributed by atoms with van der Waals surface area (Å²) in [6.45, 7) is 0.430. The van der Waals surface area contributed by atoms with Gasteiger partial charge in [-0.05, 0) is 17.7 Å². The lowest BCUT2D eigenvalue weighted by Gasteiger charge is -2.22. The molecule has 2 aliphatic heterocycles. The molecule has 2 aromatic carbocycles. The number of sulfone groups is 1. The van der Waals surface area contributed by atoms with Gasteiger partial charge in [0.05, 0.1) is 23.6 Å².